The molecule has 0 spiro atoms. The van der Waals surface area contributed by atoms with Crippen LogP contribution in [-0.2, 0) is 11.3 Å². The molecule has 0 radical (unpaired) electrons. The predicted octanol–water partition coefficient (Wildman–Crippen LogP) is 1.94. The Morgan fingerprint density at radius 1 is 1.21 bits per heavy atom. The topological polar surface area (TPSA) is 69.8 Å². The monoisotopic (exact) mass is 375 g/mol. The maximum Gasteiger partial charge on any atom is 0.228 e. The molecular weight excluding hydrogens is 349 g/mol. The van der Waals surface area contributed by atoms with E-state index in [9.17, 15) is 9.90 Å². The van der Waals surface area contributed by atoms with Gasteiger partial charge in [-0.2, -0.15) is 0 Å². The first-order valence-electron chi connectivity index (χ1n) is 8.03. The lowest BCUT2D eigenvalue weighted by molar-refractivity contribution is -0.117. The van der Waals surface area contributed by atoms with Gasteiger partial charge in [-0.25, -0.2) is 0 Å². The summed E-state index contributed by atoms with van der Waals surface area (Å²) < 4.78 is 0. The van der Waals surface area contributed by atoms with E-state index in [-0.39, 0.29) is 36.8 Å². The number of halogens is 2. The highest BCUT2D eigenvalue weighted by molar-refractivity contribution is 5.96. The van der Waals surface area contributed by atoms with E-state index in [0.717, 1.165) is 38.2 Å². The van der Waals surface area contributed by atoms with Crippen LogP contribution < -0.4 is 10.6 Å². The fourth-order valence-corrected chi connectivity index (χ4v) is 3.22. The molecule has 5 nitrogen and oxygen atoms in total. The molecule has 1 amide bonds. The molecule has 2 fully saturated rings. The summed E-state index contributed by atoms with van der Waals surface area (Å²) in [5, 5.41) is 9.99. The van der Waals surface area contributed by atoms with Crippen LogP contribution in [0, 0.1) is 0 Å². The number of anilines is 1. The zero-order valence-electron chi connectivity index (χ0n) is 14.0. The Morgan fingerprint density at radius 2 is 1.79 bits per heavy atom. The summed E-state index contributed by atoms with van der Waals surface area (Å²) in [6.45, 7) is 5.27. The van der Waals surface area contributed by atoms with Crippen molar-refractivity contribution in [3.05, 3.63) is 29.8 Å². The molecule has 24 heavy (non-hydrogen) atoms. The minimum Gasteiger partial charge on any atom is -0.390 e. The van der Waals surface area contributed by atoms with E-state index in [0.29, 0.717) is 13.0 Å². The summed E-state index contributed by atoms with van der Waals surface area (Å²) in [7, 11) is 0. The fraction of sp³-hybridized carbons (Fsp3) is 0.588. The largest absolute Gasteiger partial charge is 0.390 e. The SMILES string of the molecule is CC1(O)CCN(Cc2ccc(N3C[C@H](N)CC3=O)cc2)CC1.Cl.Cl. The van der Waals surface area contributed by atoms with Crippen molar-refractivity contribution in [2.75, 3.05) is 24.5 Å². The number of rotatable bonds is 3. The second kappa shape index (κ2) is 8.50. The second-order valence-corrected chi connectivity index (χ2v) is 6.91. The van der Waals surface area contributed by atoms with Gasteiger partial charge in [-0.1, -0.05) is 12.1 Å². The molecule has 0 bridgehead atoms. The summed E-state index contributed by atoms with van der Waals surface area (Å²) in [4.78, 5) is 16.0. The third kappa shape index (κ3) is 5.07. The van der Waals surface area contributed by atoms with Gasteiger partial charge >= 0.3 is 0 Å². The first-order valence-corrected chi connectivity index (χ1v) is 8.03. The molecule has 2 aliphatic heterocycles. The van der Waals surface area contributed by atoms with Crippen LogP contribution in [0.4, 0.5) is 5.69 Å². The number of aliphatic hydroxyl groups is 1. The maximum atomic E-state index is 11.9. The van der Waals surface area contributed by atoms with Crippen LogP contribution in [0.2, 0.25) is 0 Å². The van der Waals surface area contributed by atoms with Gasteiger partial charge in [0.15, 0.2) is 0 Å². The molecule has 136 valence electrons. The molecule has 3 N–H and O–H groups in total. The zero-order valence-corrected chi connectivity index (χ0v) is 15.6. The molecule has 1 atom stereocenters. The number of amides is 1. The van der Waals surface area contributed by atoms with E-state index in [1.807, 2.05) is 19.1 Å². The van der Waals surface area contributed by atoms with Crippen LogP contribution in [0.1, 0.15) is 31.7 Å². The van der Waals surface area contributed by atoms with Crippen molar-refractivity contribution in [3.63, 3.8) is 0 Å². The molecule has 2 aliphatic rings. The number of carbonyl (C=O) groups is 1. The van der Waals surface area contributed by atoms with Gasteiger partial charge in [0.05, 0.1) is 5.60 Å². The number of benzene rings is 1. The van der Waals surface area contributed by atoms with Gasteiger partial charge < -0.3 is 15.7 Å². The number of hydrogen-bond donors (Lipinski definition) is 2. The van der Waals surface area contributed by atoms with E-state index in [1.165, 1.54) is 5.56 Å². The van der Waals surface area contributed by atoms with Crippen molar-refractivity contribution in [3.8, 4) is 0 Å². The molecule has 1 aromatic carbocycles. The summed E-state index contributed by atoms with van der Waals surface area (Å²) in [5.74, 6) is 0.110. The van der Waals surface area contributed by atoms with Gasteiger partial charge in [-0.05, 0) is 37.5 Å². The summed E-state index contributed by atoms with van der Waals surface area (Å²) in [6.07, 6.45) is 2.09. The van der Waals surface area contributed by atoms with Crippen molar-refractivity contribution in [2.45, 2.75) is 44.4 Å². The van der Waals surface area contributed by atoms with Gasteiger partial charge in [-0.15, -0.1) is 24.8 Å². The molecule has 1 aromatic rings. The van der Waals surface area contributed by atoms with E-state index < -0.39 is 5.60 Å². The number of hydrogen-bond acceptors (Lipinski definition) is 4. The zero-order chi connectivity index (χ0) is 15.7. The highest BCUT2D eigenvalue weighted by Crippen LogP contribution is 2.24. The molecule has 2 heterocycles. The van der Waals surface area contributed by atoms with Crippen LogP contribution >= 0.6 is 24.8 Å². The number of nitrogens with two attached hydrogens (primary N) is 1. The minimum atomic E-state index is -0.505. The Kier molecular flexibility index (Phi) is 7.50. The molecule has 0 aromatic heterocycles. The normalized spacial score (nSPS) is 23.5. The lowest BCUT2D eigenvalue weighted by Gasteiger charge is -2.35. The number of nitrogens with zero attached hydrogens (tertiary/aromatic N) is 2. The highest BCUT2D eigenvalue weighted by Gasteiger charge is 2.28. The Labute approximate surface area is 156 Å². The Bertz CT molecular complexity index is 541. The van der Waals surface area contributed by atoms with Crippen LogP contribution in [0.3, 0.4) is 0 Å². The standard InChI is InChI=1S/C17H25N3O2.2ClH/c1-17(22)6-8-19(9-7-17)11-13-2-4-15(5-3-13)20-12-14(18)10-16(20)21;;/h2-5,14,22H,6-12,18H2,1H3;2*1H/t14-;;/m1../s1. The second-order valence-electron chi connectivity index (χ2n) is 6.91. The Hall–Kier alpha value is -0.850. The van der Waals surface area contributed by atoms with Crippen molar-refractivity contribution < 1.29 is 9.90 Å². The number of likely N-dealkylation sites (tertiary alicyclic amines) is 1. The van der Waals surface area contributed by atoms with Gasteiger partial charge in [0, 0.05) is 44.3 Å². The van der Waals surface area contributed by atoms with Gasteiger partial charge in [0.1, 0.15) is 0 Å². The predicted molar refractivity (Wildman–Crippen MR) is 101 cm³/mol. The van der Waals surface area contributed by atoms with Crippen LogP contribution in [0.25, 0.3) is 0 Å². The molecule has 7 heteroatoms. The third-order valence-electron chi connectivity index (χ3n) is 4.74. The maximum absolute atomic E-state index is 11.9. The molecule has 0 unspecified atom stereocenters. The molecular formula is C17H27Cl2N3O2. The number of carbonyl (C=O) groups excluding carboxylic acids is 1. The summed E-state index contributed by atoms with van der Waals surface area (Å²) in [6, 6.07) is 8.13. The molecule has 2 saturated heterocycles. The fourth-order valence-electron chi connectivity index (χ4n) is 3.22. The van der Waals surface area contributed by atoms with Crippen LogP contribution in [0.5, 0.6) is 0 Å². The van der Waals surface area contributed by atoms with Crippen LogP contribution in [0.15, 0.2) is 24.3 Å². The summed E-state index contributed by atoms with van der Waals surface area (Å²) in [5.41, 5.74) is 7.50. The van der Waals surface area contributed by atoms with Gasteiger partial charge in [-0.3, -0.25) is 9.69 Å². The highest BCUT2D eigenvalue weighted by atomic mass is 35.5. The average molecular weight is 376 g/mol. The van der Waals surface area contributed by atoms with E-state index in [1.54, 1.807) is 4.90 Å². The van der Waals surface area contributed by atoms with E-state index >= 15 is 0 Å². The van der Waals surface area contributed by atoms with E-state index in [2.05, 4.69) is 17.0 Å². The van der Waals surface area contributed by atoms with Crippen LogP contribution in [-0.4, -0.2) is 47.2 Å². The molecule has 0 aliphatic carbocycles. The smallest absolute Gasteiger partial charge is 0.228 e. The van der Waals surface area contributed by atoms with Crippen molar-refractivity contribution >= 4 is 36.4 Å². The average Bonchev–Trinajstić information content (AvgIpc) is 2.81. The molecule has 3 rings (SSSR count). The van der Waals surface area contributed by atoms with Gasteiger partial charge in [0.25, 0.3) is 0 Å². The van der Waals surface area contributed by atoms with Crippen molar-refractivity contribution in [1.29, 1.82) is 0 Å². The molecule has 0 saturated carbocycles. The van der Waals surface area contributed by atoms with Gasteiger partial charge in [0.2, 0.25) is 5.91 Å². The number of piperidine rings is 1. The van der Waals surface area contributed by atoms with Crippen molar-refractivity contribution in [2.24, 2.45) is 5.73 Å². The van der Waals surface area contributed by atoms with E-state index in [4.69, 9.17) is 5.73 Å². The quantitative estimate of drug-likeness (QED) is 0.846. The Morgan fingerprint density at radius 3 is 2.29 bits per heavy atom. The summed E-state index contributed by atoms with van der Waals surface area (Å²) >= 11 is 0. The third-order valence-corrected chi connectivity index (χ3v) is 4.74. The van der Waals surface area contributed by atoms with Crippen molar-refractivity contribution in [1.82, 2.24) is 4.90 Å². The lowest BCUT2D eigenvalue weighted by atomic mass is 9.93. The first kappa shape index (κ1) is 21.2. The Balaban J connectivity index is 0.00000144. The first-order chi connectivity index (χ1) is 10.4. The minimum absolute atomic E-state index is 0. The lowest BCUT2D eigenvalue weighted by Crippen LogP contribution is -2.41.